The van der Waals surface area contributed by atoms with Gasteiger partial charge in [-0.25, -0.2) is 0 Å². The van der Waals surface area contributed by atoms with Crippen LogP contribution in [0.1, 0.15) is 6.92 Å². The number of hydrogen-bond donors (Lipinski definition) is 0. The predicted molar refractivity (Wildman–Crippen MR) is 38.8 cm³/mol. The van der Waals surface area contributed by atoms with Crippen molar-refractivity contribution < 1.29 is 14.3 Å². The highest BCUT2D eigenvalue weighted by Gasteiger charge is 2.22. The summed E-state index contributed by atoms with van der Waals surface area (Å²) >= 11 is 0. The van der Waals surface area contributed by atoms with E-state index in [9.17, 15) is 9.59 Å². The van der Waals surface area contributed by atoms with E-state index in [-0.39, 0.29) is 5.78 Å². The van der Waals surface area contributed by atoms with E-state index in [0.717, 1.165) is 0 Å². The zero-order valence-electron chi connectivity index (χ0n) is 6.16. The van der Waals surface area contributed by atoms with Crippen LogP contribution in [0.5, 0.6) is 0 Å². The molecule has 58 valence electrons. The van der Waals surface area contributed by atoms with Crippen LogP contribution in [0.2, 0.25) is 0 Å². The summed E-state index contributed by atoms with van der Waals surface area (Å²) in [5.41, 5.74) is 0.320. The molecule has 0 aromatic heterocycles. The molecule has 3 nitrogen and oxygen atoms in total. The molecule has 0 saturated heterocycles. The van der Waals surface area contributed by atoms with E-state index in [4.69, 9.17) is 4.74 Å². The molecule has 0 fully saturated rings. The molecule has 0 unspecified atom stereocenters. The fourth-order valence-corrected chi connectivity index (χ4v) is 0.827. The average Bonchev–Trinajstić information content (AvgIpc) is 2.18. The molecule has 0 N–H and O–H groups in total. The minimum atomic E-state index is -0.542. The van der Waals surface area contributed by atoms with Crippen LogP contribution in [0.25, 0.3) is 0 Å². The molecular formula is C8H8O3. The van der Waals surface area contributed by atoms with Crippen molar-refractivity contribution in [1.29, 1.82) is 0 Å². The molecule has 0 aromatic carbocycles. The molecule has 1 aliphatic rings. The first-order valence-electron chi connectivity index (χ1n) is 3.20. The van der Waals surface area contributed by atoms with E-state index in [2.05, 4.69) is 6.58 Å². The van der Waals surface area contributed by atoms with Crippen LogP contribution < -0.4 is 0 Å². The van der Waals surface area contributed by atoms with E-state index in [1.807, 2.05) is 0 Å². The summed E-state index contributed by atoms with van der Waals surface area (Å²) in [5, 5.41) is 0. The van der Waals surface area contributed by atoms with Crippen LogP contribution in [0.15, 0.2) is 24.3 Å². The van der Waals surface area contributed by atoms with E-state index >= 15 is 0 Å². The Morgan fingerprint density at radius 2 is 2.36 bits per heavy atom. The Morgan fingerprint density at radius 3 is 2.73 bits per heavy atom. The van der Waals surface area contributed by atoms with Gasteiger partial charge in [0.1, 0.15) is 6.10 Å². The number of hydrogen-bond acceptors (Lipinski definition) is 3. The van der Waals surface area contributed by atoms with E-state index in [0.29, 0.717) is 5.57 Å². The Bertz CT molecular complexity index is 250. The Morgan fingerprint density at radius 1 is 1.73 bits per heavy atom. The summed E-state index contributed by atoms with van der Waals surface area (Å²) in [6.45, 7) is 4.78. The second-order valence-corrected chi connectivity index (χ2v) is 2.28. The Kier molecular flexibility index (Phi) is 1.89. The summed E-state index contributed by atoms with van der Waals surface area (Å²) < 4.78 is 4.75. The highest BCUT2D eigenvalue weighted by atomic mass is 16.5. The molecule has 1 rings (SSSR count). The monoisotopic (exact) mass is 152 g/mol. The highest BCUT2D eigenvalue weighted by Crippen LogP contribution is 2.15. The smallest absolute Gasteiger partial charge is 0.303 e. The molecule has 0 bridgehead atoms. The normalized spacial score (nSPS) is 22.5. The van der Waals surface area contributed by atoms with Gasteiger partial charge < -0.3 is 4.74 Å². The zero-order chi connectivity index (χ0) is 8.43. The lowest BCUT2D eigenvalue weighted by Gasteiger charge is -2.07. The number of ketones is 1. The first-order chi connectivity index (χ1) is 5.11. The number of esters is 1. The van der Waals surface area contributed by atoms with Gasteiger partial charge in [-0.1, -0.05) is 6.58 Å². The van der Waals surface area contributed by atoms with Gasteiger partial charge in [-0.3, -0.25) is 9.59 Å². The highest BCUT2D eigenvalue weighted by molar-refractivity contribution is 6.07. The number of ether oxygens (including phenoxy) is 1. The Balaban J connectivity index is 2.63. The van der Waals surface area contributed by atoms with Crippen molar-refractivity contribution in [3.05, 3.63) is 24.3 Å². The third-order valence-corrected chi connectivity index (χ3v) is 1.38. The van der Waals surface area contributed by atoms with Gasteiger partial charge >= 0.3 is 5.97 Å². The molecular weight excluding hydrogens is 144 g/mol. The molecule has 11 heavy (non-hydrogen) atoms. The minimum Gasteiger partial charge on any atom is -0.453 e. The first kappa shape index (κ1) is 7.72. The summed E-state index contributed by atoms with van der Waals surface area (Å²) in [5.74, 6) is -0.577. The number of rotatable bonds is 1. The molecule has 0 saturated carbocycles. The van der Waals surface area contributed by atoms with Gasteiger partial charge in [-0.15, -0.1) is 0 Å². The van der Waals surface area contributed by atoms with Crippen LogP contribution >= 0.6 is 0 Å². The summed E-state index contributed by atoms with van der Waals surface area (Å²) in [4.78, 5) is 21.2. The standard InChI is InChI=1S/C8H8O3/c1-5-7(10)3-4-8(5)11-6(2)9/h3-4,8H,1H2,2H3/t8-/m0/s1. The number of carbonyl (C=O) groups is 2. The quantitative estimate of drug-likeness (QED) is 0.408. The fraction of sp³-hybridized carbons (Fsp3) is 0.250. The van der Waals surface area contributed by atoms with Gasteiger partial charge in [0.2, 0.25) is 0 Å². The minimum absolute atomic E-state index is 0.170. The lowest BCUT2D eigenvalue weighted by Crippen LogP contribution is -2.14. The summed E-state index contributed by atoms with van der Waals surface area (Å²) in [6.07, 6.45) is 2.34. The van der Waals surface area contributed by atoms with Gasteiger partial charge in [0.05, 0.1) is 0 Å². The Labute approximate surface area is 64.3 Å². The van der Waals surface area contributed by atoms with Gasteiger partial charge in [0.25, 0.3) is 0 Å². The van der Waals surface area contributed by atoms with Crippen molar-refractivity contribution in [1.82, 2.24) is 0 Å². The molecule has 1 atom stereocenters. The van der Waals surface area contributed by atoms with Crippen molar-refractivity contribution in [2.75, 3.05) is 0 Å². The molecule has 0 amide bonds. The molecule has 0 aliphatic heterocycles. The number of allylic oxidation sites excluding steroid dienone is 1. The molecule has 0 aromatic rings. The molecule has 3 heteroatoms. The van der Waals surface area contributed by atoms with Gasteiger partial charge in [-0.2, -0.15) is 0 Å². The van der Waals surface area contributed by atoms with Crippen LogP contribution in [-0.4, -0.2) is 17.9 Å². The molecule has 0 radical (unpaired) electrons. The van der Waals surface area contributed by atoms with Crippen molar-refractivity contribution in [3.63, 3.8) is 0 Å². The molecule has 0 spiro atoms. The average molecular weight is 152 g/mol. The Hall–Kier alpha value is -1.38. The fourth-order valence-electron chi connectivity index (χ4n) is 0.827. The van der Waals surface area contributed by atoms with Crippen LogP contribution in [0.4, 0.5) is 0 Å². The second-order valence-electron chi connectivity index (χ2n) is 2.28. The third kappa shape index (κ3) is 1.55. The maximum Gasteiger partial charge on any atom is 0.303 e. The van der Waals surface area contributed by atoms with Crippen LogP contribution in [0, 0.1) is 0 Å². The second kappa shape index (κ2) is 2.70. The topological polar surface area (TPSA) is 43.4 Å². The summed E-state index contributed by atoms with van der Waals surface area (Å²) in [7, 11) is 0. The lowest BCUT2D eigenvalue weighted by atomic mass is 10.2. The van der Waals surface area contributed by atoms with Gasteiger partial charge in [-0.05, 0) is 12.2 Å². The summed E-state index contributed by atoms with van der Waals surface area (Å²) in [6, 6.07) is 0. The maximum atomic E-state index is 10.8. The van der Waals surface area contributed by atoms with E-state index in [1.165, 1.54) is 19.1 Å². The first-order valence-corrected chi connectivity index (χ1v) is 3.20. The largest absolute Gasteiger partial charge is 0.453 e. The molecule has 1 aliphatic carbocycles. The van der Waals surface area contributed by atoms with E-state index in [1.54, 1.807) is 0 Å². The maximum absolute atomic E-state index is 10.8. The SMILES string of the molecule is C=C1C(=O)C=C[C@@H]1OC(C)=O. The predicted octanol–water partition coefficient (Wildman–Crippen LogP) is 0.613. The lowest BCUT2D eigenvalue weighted by molar-refractivity contribution is -0.142. The van der Waals surface area contributed by atoms with Crippen molar-refractivity contribution in [2.45, 2.75) is 13.0 Å². The number of carbonyl (C=O) groups excluding carboxylic acids is 2. The van der Waals surface area contributed by atoms with Crippen molar-refractivity contribution in [2.24, 2.45) is 0 Å². The van der Waals surface area contributed by atoms with Gasteiger partial charge in [0, 0.05) is 12.5 Å². The van der Waals surface area contributed by atoms with Crippen molar-refractivity contribution >= 4 is 11.8 Å². The third-order valence-electron chi connectivity index (χ3n) is 1.38. The zero-order valence-corrected chi connectivity index (χ0v) is 6.16. The van der Waals surface area contributed by atoms with Crippen LogP contribution in [0.3, 0.4) is 0 Å². The van der Waals surface area contributed by atoms with Crippen molar-refractivity contribution in [3.8, 4) is 0 Å². The van der Waals surface area contributed by atoms with Crippen LogP contribution in [-0.2, 0) is 14.3 Å². The van der Waals surface area contributed by atoms with E-state index < -0.39 is 12.1 Å². The molecule has 0 heterocycles. The van der Waals surface area contributed by atoms with Gasteiger partial charge in [0.15, 0.2) is 5.78 Å².